The predicted octanol–water partition coefficient (Wildman–Crippen LogP) is 0.288. The average Bonchev–Trinajstić information content (AvgIpc) is 3.52. The maximum absolute atomic E-state index is 12.5. The Balaban J connectivity index is 1.47. The summed E-state index contributed by atoms with van der Waals surface area (Å²) in [6.45, 7) is 3.95. The molecule has 0 aromatic rings. The number of hydrogen-bond donors (Lipinski definition) is 3. The van der Waals surface area contributed by atoms with Crippen LogP contribution >= 0.6 is 0 Å². The molecule has 8 atom stereocenters. The smallest absolute Gasteiger partial charge is 0.173 e. The van der Waals surface area contributed by atoms with Crippen LogP contribution in [0.1, 0.15) is 39.5 Å². The predicted molar refractivity (Wildman–Crippen MR) is 116 cm³/mol. The number of methoxy groups -OCH3 is 1. The van der Waals surface area contributed by atoms with Crippen molar-refractivity contribution in [3.8, 4) is 0 Å². The molecule has 2 aliphatic heterocycles. The van der Waals surface area contributed by atoms with E-state index in [0.29, 0.717) is 13.0 Å². The highest BCUT2D eigenvalue weighted by molar-refractivity contribution is 6.25. The van der Waals surface area contributed by atoms with Gasteiger partial charge in [0.1, 0.15) is 11.9 Å². The average molecular weight is 467 g/mol. The van der Waals surface area contributed by atoms with Crippen LogP contribution in [0.4, 0.5) is 0 Å². The molecule has 184 valence electrons. The minimum Gasteiger partial charge on any atom is -0.393 e. The molecule has 3 N–H and O–H groups in total. The summed E-state index contributed by atoms with van der Waals surface area (Å²) in [6.07, 6.45) is -0.799. The quantitative estimate of drug-likeness (QED) is 0.222. The maximum atomic E-state index is 12.5. The summed E-state index contributed by atoms with van der Waals surface area (Å²) < 4.78 is 16.3. The fraction of sp³-hybridized carbons (Fsp3) is 0.708. The third-order valence-corrected chi connectivity index (χ3v) is 6.76. The fourth-order valence-corrected chi connectivity index (χ4v) is 4.47. The lowest BCUT2D eigenvalue weighted by Crippen LogP contribution is -2.51. The van der Waals surface area contributed by atoms with Gasteiger partial charge in [0.2, 0.25) is 0 Å². The van der Waals surface area contributed by atoms with Crippen molar-refractivity contribution in [2.45, 2.75) is 76.2 Å². The highest BCUT2D eigenvalue weighted by Crippen LogP contribution is 2.37. The van der Waals surface area contributed by atoms with Gasteiger partial charge in [0.15, 0.2) is 11.6 Å². The number of Topliss-reactive ketones (excluding diaryl/α,β-unsaturated/α-hetero) is 3. The van der Waals surface area contributed by atoms with Crippen molar-refractivity contribution in [3.63, 3.8) is 0 Å². The third-order valence-electron chi connectivity index (χ3n) is 6.76. The Morgan fingerprint density at radius 2 is 1.91 bits per heavy atom. The molecule has 3 rings (SSSR count). The maximum Gasteiger partial charge on any atom is 0.173 e. The van der Waals surface area contributed by atoms with Crippen molar-refractivity contribution in [1.82, 2.24) is 0 Å². The van der Waals surface area contributed by atoms with Crippen molar-refractivity contribution >= 4 is 17.3 Å². The van der Waals surface area contributed by atoms with Crippen molar-refractivity contribution < 1.29 is 43.9 Å². The summed E-state index contributed by atoms with van der Waals surface area (Å²) in [5.41, 5.74) is 0.758. The Morgan fingerprint density at radius 3 is 2.55 bits per heavy atom. The lowest BCUT2D eigenvalue weighted by Gasteiger charge is -2.37. The highest BCUT2D eigenvalue weighted by Gasteiger charge is 2.49. The highest BCUT2D eigenvalue weighted by atomic mass is 16.6. The summed E-state index contributed by atoms with van der Waals surface area (Å²) in [4.78, 5) is 37.1. The van der Waals surface area contributed by atoms with Crippen molar-refractivity contribution in [2.75, 3.05) is 20.3 Å². The van der Waals surface area contributed by atoms with E-state index < -0.39 is 48.3 Å². The van der Waals surface area contributed by atoms with E-state index in [9.17, 15) is 29.7 Å². The van der Waals surface area contributed by atoms with Gasteiger partial charge in [0.05, 0.1) is 55.7 Å². The van der Waals surface area contributed by atoms with Crippen LogP contribution in [0.3, 0.4) is 0 Å². The van der Waals surface area contributed by atoms with Crippen LogP contribution in [0.2, 0.25) is 0 Å². The molecular formula is C24H34O9. The second-order valence-electron chi connectivity index (χ2n) is 9.37. The summed E-state index contributed by atoms with van der Waals surface area (Å²) in [5.74, 6) is -2.00. The number of ketones is 3. The third kappa shape index (κ3) is 6.44. The first kappa shape index (κ1) is 25.9. The summed E-state index contributed by atoms with van der Waals surface area (Å²) in [7, 11) is 1.52. The van der Waals surface area contributed by atoms with Crippen LogP contribution in [-0.2, 0) is 28.6 Å². The van der Waals surface area contributed by atoms with Gasteiger partial charge in [-0.05, 0) is 18.6 Å². The van der Waals surface area contributed by atoms with E-state index in [4.69, 9.17) is 14.2 Å². The molecule has 2 saturated heterocycles. The van der Waals surface area contributed by atoms with E-state index in [0.717, 1.165) is 5.57 Å². The number of carbonyl (C=O) groups is 3. The Kier molecular flexibility index (Phi) is 8.71. The second-order valence-corrected chi connectivity index (χ2v) is 9.37. The number of carbonyl (C=O) groups excluding carboxylic acids is 3. The molecular weight excluding hydrogens is 432 g/mol. The summed E-state index contributed by atoms with van der Waals surface area (Å²) >= 11 is 0. The van der Waals surface area contributed by atoms with E-state index in [1.165, 1.54) is 13.2 Å². The molecule has 0 spiro atoms. The Hall–Kier alpha value is -1.75. The molecule has 0 unspecified atom stereocenters. The van der Waals surface area contributed by atoms with Gasteiger partial charge in [0, 0.05) is 38.2 Å². The van der Waals surface area contributed by atoms with Crippen molar-refractivity contribution in [2.24, 2.45) is 11.8 Å². The zero-order chi connectivity index (χ0) is 24.3. The first-order valence-corrected chi connectivity index (χ1v) is 11.4. The zero-order valence-electron chi connectivity index (χ0n) is 19.3. The molecule has 2 heterocycles. The molecule has 33 heavy (non-hydrogen) atoms. The lowest BCUT2D eigenvalue weighted by molar-refractivity contribution is -0.170. The Morgan fingerprint density at radius 1 is 1.18 bits per heavy atom. The molecule has 2 fully saturated rings. The number of rotatable bonds is 11. The van der Waals surface area contributed by atoms with Crippen LogP contribution in [0.5, 0.6) is 0 Å². The molecule has 3 aliphatic rings. The fourth-order valence-electron chi connectivity index (χ4n) is 4.47. The molecule has 0 aromatic carbocycles. The largest absolute Gasteiger partial charge is 0.393 e. The number of epoxide rings is 1. The van der Waals surface area contributed by atoms with Gasteiger partial charge in [-0.3, -0.25) is 14.4 Å². The molecule has 1 aliphatic carbocycles. The van der Waals surface area contributed by atoms with Crippen LogP contribution < -0.4 is 0 Å². The lowest BCUT2D eigenvalue weighted by atomic mass is 9.85. The monoisotopic (exact) mass is 466 g/mol. The van der Waals surface area contributed by atoms with E-state index in [1.54, 1.807) is 13.0 Å². The van der Waals surface area contributed by atoms with Crippen molar-refractivity contribution in [1.29, 1.82) is 0 Å². The van der Waals surface area contributed by atoms with Gasteiger partial charge in [0.25, 0.3) is 0 Å². The van der Waals surface area contributed by atoms with E-state index in [1.807, 2.05) is 6.92 Å². The molecule has 9 nitrogen and oxygen atoms in total. The molecule has 0 radical (unpaired) electrons. The van der Waals surface area contributed by atoms with E-state index in [2.05, 4.69) is 0 Å². The normalized spacial score (nSPS) is 33.7. The van der Waals surface area contributed by atoms with Crippen molar-refractivity contribution in [3.05, 3.63) is 23.3 Å². The minimum absolute atomic E-state index is 0.00541. The topological polar surface area (TPSA) is 143 Å². The van der Waals surface area contributed by atoms with Crippen LogP contribution in [0.25, 0.3) is 0 Å². The Bertz CT molecular complexity index is 815. The number of aliphatic hydroxyl groups excluding tert-OH is 3. The number of ether oxygens (including phenoxy) is 3. The van der Waals surface area contributed by atoms with E-state index >= 15 is 0 Å². The summed E-state index contributed by atoms with van der Waals surface area (Å²) in [5, 5.41) is 30.7. The van der Waals surface area contributed by atoms with Crippen LogP contribution in [-0.4, -0.2) is 89.6 Å². The Labute approximate surface area is 193 Å². The van der Waals surface area contributed by atoms with Gasteiger partial charge >= 0.3 is 0 Å². The van der Waals surface area contributed by atoms with E-state index in [-0.39, 0.29) is 48.9 Å². The zero-order valence-corrected chi connectivity index (χ0v) is 19.3. The minimum atomic E-state index is -1.19. The van der Waals surface area contributed by atoms with Crippen LogP contribution in [0, 0.1) is 11.8 Å². The number of allylic oxidation sites excluding steroid dienone is 3. The SMILES string of the molecule is COCC1=CC=C(C(=O)CC(=O)C[C@H]2CO[C@@H](C[C@@H]3O[C@H]3[C@@H](C)[C@H](C)O)[C@H](O)[C@@H]2O)C(=O)C1. The van der Waals surface area contributed by atoms with Gasteiger partial charge in [-0.25, -0.2) is 0 Å². The first-order valence-electron chi connectivity index (χ1n) is 11.4. The number of hydrogen-bond acceptors (Lipinski definition) is 9. The van der Waals surface area contributed by atoms with Gasteiger partial charge in [-0.15, -0.1) is 0 Å². The molecule has 0 aromatic heterocycles. The standard InChI is InChI=1S/C24H34O9/c1-12(13(2)25)24-21(33-24)9-20-23(30)22(29)15(11-32-20)7-16(26)8-19(28)17-5-4-14(10-31-3)6-18(17)27/h4-5,12-13,15,20-25,29-30H,6-11H2,1-3H3/t12-,13-,15-,20-,21-,22+,23-,24-/m0/s1. The molecule has 0 amide bonds. The summed E-state index contributed by atoms with van der Waals surface area (Å²) in [6, 6.07) is 0. The molecule has 0 bridgehead atoms. The van der Waals surface area contributed by atoms with Gasteiger partial charge in [-0.2, -0.15) is 0 Å². The number of aliphatic hydroxyl groups is 3. The first-order chi connectivity index (χ1) is 15.6. The molecule has 9 heteroatoms. The van der Waals surface area contributed by atoms with Gasteiger partial charge in [-0.1, -0.05) is 13.0 Å². The van der Waals surface area contributed by atoms with Gasteiger partial charge < -0.3 is 29.5 Å². The van der Waals surface area contributed by atoms with Crippen LogP contribution in [0.15, 0.2) is 23.3 Å². The second kappa shape index (κ2) is 11.1. The molecule has 0 saturated carbocycles.